The van der Waals surface area contributed by atoms with Crippen LogP contribution in [0.15, 0.2) is 35.1 Å². The van der Waals surface area contributed by atoms with Gasteiger partial charge in [-0.2, -0.15) is 0 Å². The number of hydrogen-bond donors (Lipinski definition) is 3. The average molecular weight is 379 g/mol. The molecule has 8 nitrogen and oxygen atoms in total. The van der Waals surface area contributed by atoms with Crippen molar-refractivity contribution in [1.29, 1.82) is 0 Å². The Labute approximate surface area is 160 Å². The number of amides is 2. The summed E-state index contributed by atoms with van der Waals surface area (Å²) in [5.41, 5.74) is 8.09. The van der Waals surface area contributed by atoms with E-state index in [1.165, 1.54) is 0 Å². The van der Waals surface area contributed by atoms with E-state index in [1.54, 1.807) is 24.0 Å². The van der Waals surface area contributed by atoms with Gasteiger partial charge in [0.1, 0.15) is 5.69 Å². The summed E-state index contributed by atoms with van der Waals surface area (Å²) in [5, 5.41) is 5.69. The number of benzene rings is 1. The molecule has 8 heteroatoms. The average Bonchev–Trinajstić information content (AvgIpc) is 3.28. The van der Waals surface area contributed by atoms with E-state index in [0.717, 1.165) is 24.0 Å². The Morgan fingerprint density at radius 1 is 1.29 bits per heavy atom. The van der Waals surface area contributed by atoms with Gasteiger partial charge >= 0.3 is 0 Å². The highest BCUT2D eigenvalue weighted by Crippen LogP contribution is 2.23. The summed E-state index contributed by atoms with van der Waals surface area (Å²) in [6.07, 6.45) is 1.66. The van der Waals surface area contributed by atoms with Crippen LogP contribution in [0.4, 0.5) is 0 Å². The molecule has 1 aliphatic heterocycles. The Kier molecular flexibility index (Phi) is 4.46. The Hall–Kier alpha value is -3.42. The number of hydrogen-bond acceptors (Lipinski definition) is 4. The summed E-state index contributed by atoms with van der Waals surface area (Å²) in [6.45, 7) is 3.08. The third-order valence-corrected chi connectivity index (χ3v) is 5.27. The van der Waals surface area contributed by atoms with E-state index in [4.69, 9.17) is 5.73 Å². The van der Waals surface area contributed by atoms with Crippen molar-refractivity contribution in [3.8, 4) is 0 Å². The lowest BCUT2D eigenvalue weighted by Crippen LogP contribution is -2.29. The molecule has 2 aromatic heterocycles. The zero-order chi connectivity index (χ0) is 19.8. The van der Waals surface area contributed by atoms with Crippen LogP contribution in [-0.2, 0) is 6.42 Å². The molecular formula is C20H21N5O3. The summed E-state index contributed by atoms with van der Waals surface area (Å²) >= 11 is 0. The predicted molar refractivity (Wildman–Crippen MR) is 104 cm³/mol. The van der Waals surface area contributed by atoms with Gasteiger partial charge < -0.3 is 10.6 Å². The first-order valence-corrected chi connectivity index (χ1v) is 9.18. The minimum atomic E-state index is -0.440. The van der Waals surface area contributed by atoms with Gasteiger partial charge in [0, 0.05) is 18.7 Å². The lowest BCUT2D eigenvalue weighted by atomic mass is 9.97. The number of rotatable bonds is 4. The van der Waals surface area contributed by atoms with Crippen LogP contribution in [0.3, 0.4) is 0 Å². The van der Waals surface area contributed by atoms with Gasteiger partial charge in [-0.25, -0.2) is 4.98 Å². The normalized spacial score (nSPS) is 16.6. The van der Waals surface area contributed by atoms with E-state index >= 15 is 0 Å². The highest BCUT2D eigenvalue weighted by Gasteiger charge is 2.28. The molecule has 1 aliphatic rings. The molecule has 4 N–H and O–H groups in total. The van der Waals surface area contributed by atoms with Crippen LogP contribution in [0, 0.1) is 12.8 Å². The van der Waals surface area contributed by atoms with E-state index in [0.29, 0.717) is 41.3 Å². The molecule has 1 atom stereocenters. The summed E-state index contributed by atoms with van der Waals surface area (Å²) < 4.78 is 0. The number of aromatic nitrogens is 3. The molecule has 0 unspecified atom stereocenters. The van der Waals surface area contributed by atoms with Gasteiger partial charge in [-0.05, 0) is 55.0 Å². The predicted octanol–water partition coefficient (Wildman–Crippen LogP) is 1.36. The fourth-order valence-corrected chi connectivity index (χ4v) is 3.87. The monoisotopic (exact) mass is 379 g/mol. The zero-order valence-corrected chi connectivity index (χ0v) is 15.5. The second-order valence-corrected chi connectivity index (χ2v) is 7.30. The van der Waals surface area contributed by atoms with Gasteiger partial charge in [0.2, 0.25) is 5.91 Å². The zero-order valence-electron chi connectivity index (χ0n) is 15.5. The van der Waals surface area contributed by atoms with Gasteiger partial charge in [-0.1, -0.05) is 12.1 Å². The molecule has 144 valence electrons. The Bertz CT molecular complexity index is 1130. The number of nitrogens with two attached hydrogens (primary N) is 1. The molecule has 28 heavy (non-hydrogen) atoms. The first-order valence-electron chi connectivity index (χ1n) is 9.18. The molecular weight excluding hydrogens is 358 g/mol. The van der Waals surface area contributed by atoms with Crippen molar-refractivity contribution in [2.45, 2.75) is 19.8 Å². The van der Waals surface area contributed by atoms with Crippen molar-refractivity contribution in [2.24, 2.45) is 11.7 Å². The molecule has 2 amide bonds. The van der Waals surface area contributed by atoms with E-state index in [-0.39, 0.29) is 11.5 Å². The second-order valence-electron chi connectivity index (χ2n) is 7.30. The van der Waals surface area contributed by atoms with Gasteiger partial charge in [0.15, 0.2) is 5.65 Å². The van der Waals surface area contributed by atoms with Gasteiger partial charge in [-0.15, -0.1) is 0 Å². The number of likely N-dealkylation sites (tertiary alicyclic amines) is 1. The van der Waals surface area contributed by atoms with Crippen molar-refractivity contribution in [3.63, 3.8) is 0 Å². The van der Waals surface area contributed by atoms with E-state index < -0.39 is 5.91 Å². The molecule has 0 aliphatic carbocycles. The maximum absolute atomic E-state index is 12.9. The lowest BCUT2D eigenvalue weighted by Gasteiger charge is -2.16. The Morgan fingerprint density at radius 3 is 2.89 bits per heavy atom. The van der Waals surface area contributed by atoms with Crippen LogP contribution in [0.1, 0.15) is 38.4 Å². The number of carbonyl (C=O) groups is 2. The highest BCUT2D eigenvalue weighted by molar-refractivity contribution is 5.95. The van der Waals surface area contributed by atoms with Crippen LogP contribution in [0.2, 0.25) is 0 Å². The second kappa shape index (κ2) is 6.95. The fourth-order valence-electron chi connectivity index (χ4n) is 3.87. The summed E-state index contributed by atoms with van der Waals surface area (Å²) in [5.74, 6) is -0.269. The molecule has 1 saturated heterocycles. The molecule has 4 rings (SSSR count). The van der Waals surface area contributed by atoms with Crippen LogP contribution < -0.4 is 11.3 Å². The van der Waals surface area contributed by atoms with E-state index in [9.17, 15) is 14.4 Å². The topological polar surface area (TPSA) is 125 Å². The quantitative estimate of drug-likeness (QED) is 0.633. The third-order valence-electron chi connectivity index (χ3n) is 5.27. The largest absolute Gasteiger partial charge is 0.366 e. The van der Waals surface area contributed by atoms with Gasteiger partial charge in [0.25, 0.3) is 11.5 Å². The number of nitrogens with one attached hydrogen (secondary N) is 2. The van der Waals surface area contributed by atoms with Gasteiger partial charge in [0.05, 0.1) is 5.39 Å². The molecule has 3 aromatic rings. The Morgan fingerprint density at radius 2 is 2.11 bits per heavy atom. The van der Waals surface area contributed by atoms with Crippen LogP contribution >= 0.6 is 0 Å². The van der Waals surface area contributed by atoms with Crippen molar-refractivity contribution in [2.75, 3.05) is 13.1 Å². The van der Waals surface area contributed by atoms with Gasteiger partial charge in [-0.3, -0.25) is 24.6 Å². The molecule has 0 bridgehead atoms. The first kappa shape index (κ1) is 18.0. The maximum Gasteiger partial charge on any atom is 0.273 e. The number of nitrogens with zero attached hydrogens (tertiary/aromatic N) is 2. The molecule has 0 spiro atoms. The number of H-pyrrole nitrogens is 2. The smallest absolute Gasteiger partial charge is 0.273 e. The number of pyridine rings is 1. The van der Waals surface area contributed by atoms with E-state index in [2.05, 4.69) is 15.2 Å². The number of carbonyl (C=O) groups excluding carboxylic acids is 2. The molecule has 1 aromatic carbocycles. The van der Waals surface area contributed by atoms with Crippen molar-refractivity contribution < 1.29 is 9.59 Å². The number of aromatic amines is 2. The first-order chi connectivity index (χ1) is 13.4. The molecule has 0 saturated carbocycles. The van der Waals surface area contributed by atoms with Crippen LogP contribution in [0.25, 0.3) is 11.0 Å². The van der Waals surface area contributed by atoms with Crippen molar-refractivity contribution in [1.82, 2.24) is 20.1 Å². The number of primary amides is 1. The number of aryl methyl sites for hydroxylation is 1. The van der Waals surface area contributed by atoms with Crippen LogP contribution in [0.5, 0.6) is 0 Å². The van der Waals surface area contributed by atoms with Crippen LogP contribution in [-0.4, -0.2) is 45.0 Å². The molecule has 3 heterocycles. The lowest BCUT2D eigenvalue weighted by molar-refractivity contribution is 0.0781. The standard InChI is InChI=1S/C20H21N5O3/c1-11-7-15(22-18-16(11)19(27)24-23-18)20(28)25-6-5-13(10-25)8-12-3-2-4-14(9-12)17(21)26/h2-4,7,9,13H,5-6,8,10H2,1H3,(H2,21,26)(H2,22,23,24,27)/t13-/m1/s1. The molecule has 0 radical (unpaired) electrons. The maximum atomic E-state index is 12.9. The summed E-state index contributed by atoms with van der Waals surface area (Å²) in [6, 6.07) is 8.97. The third kappa shape index (κ3) is 3.28. The van der Waals surface area contributed by atoms with E-state index in [1.807, 2.05) is 18.2 Å². The minimum absolute atomic E-state index is 0.138. The van der Waals surface area contributed by atoms with Crippen molar-refractivity contribution in [3.05, 3.63) is 63.1 Å². The Balaban J connectivity index is 1.48. The number of fused-ring (bicyclic) bond motifs is 1. The minimum Gasteiger partial charge on any atom is -0.366 e. The SMILES string of the molecule is Cc1cc(C(=O)N2CC[C@H](Cc3cccc(C(N)=O)c3)C2)nc2[nH][nH]c(=O)c12. The van der Waals surface area contributed by atoms with Crippen molar-refractivity contribution >= 4 is 22.8 Å². The molecule has 1 fully saturated rings. The fraction of sp³-hybridized carbons (Fsp3) is 0.300. The summed E-state index contributed by atoms with van der Waals surface area (Å²) in [7, 11) is 0. The highest BCUT2D eigenvalue weighted by atomic mass is 16.2. The summed E-state index contributed by atoms with van der Waals surface area (Å²) in [4.78, 5) is 42.1.